The van der Waals surface area contributed by atoms with E-state index in [1.54, 1.807) is 6.92 Å². The second kappa shape index (κ2) is 3.56. The van der Waals surface area contributed by atoms with Crippen LogP contribution in [0, 0.1) is 0 Å². The fourth-order valence-electron chi connectivity index (χ4n) is 0.613. The SMILES string of the molecule is CCOc1n[nH]c(NC(N)=O)n1. The molecule has 0 aromatic carbocycles. The van der Waals surface area contributed by atoms with Gasteiger partial charge in [-0.2, -0.15) is 4.98 Å². The quantitative estimate of drug-likeness (QED) is 0.580. The molecule has 1 aromatic heterocycles. The van der Waals surface area contributed by atoms with Crippen LogP contribution in [0.15, 0.2) is 0 Å². The van der Waals surface area contributed by atoms with Gasteiger partial charge in [-0.05, 0) is 6.92 Å². The number of carbonyl (C=O) groups is 1. The van der Waals surface area contributed by atoms with Crippen LogP contribution in [0.25, 0.3) is 0 Å². The van der Waals surface area contributed by atoms with Gasteiger partial charge in [0.25, 0.3) is 0 Å². The molecule has 0 aliphatic carbocycles. The van der Waals surface area contributed by atoms with E-state index in [1.807, 2.05) is 0 Å². The van der Waals surface area contributed by atoms with Crippen molar-refractivity contribution in [1.82, 2.24) is 15.2 Å². The number of amides is 2. The third-order valence-corrected chi connectivity index (χ3v) is 0.980. The molecule has 1 heterocycles. The Labute approximate surface area is 68.3 Å². The van der Waals surface area contributed by atoms with E-state index in [-0.39, 0.29) is 12.0 Å². The first-order valence-corrected chi connectivity index (χ1v) is 3.34. The topological polar surface area (TPSA) is 106 Å². The zero-order chi connectivity index (χ0) is 8.97. The zero-order valence-electron chi connectivity index (χ0n) is 6.50. The lowest BCUT2D eigenvalue weighted by atomic mass is 10.9. The summed E-state index contributed by atoms with van der Waals surface area (Å²) < 4.78 is 4.92. The van der Waals surface area contributed by atoms with Crippen molar-refractivity contribution in [3.05, 3.63) is 0 Å². The summed E-state index contributed by atoms with van der Waals surface area (Å²) in [7, 11) is 0. The lowest BCUT2D eigenvalue weighted by Crippen LogP contribution is -2.20. The standard InChI is InChI=1S/C5H9N5O2/c1-2-12-5-8-4(9-10-5)7-3(6)11/h2H2,1H3,(H4,6,7,8,9,10,11). The van der Waals surface area contributed by atoms with Gasteiger partial charge in [-0.3, -0.25) is 5.32 Å². The van der Waals surface area contributed by atoms with Gasteiger partial charge in [0.15, 0.2) is 0 Å². The van der Waals surface area contributed by atoms with Crippen molar-refractivity contribution < 1.29 is 9.53 Å². The van der Waals surface area contributed by atoms with Gasteiger partial charge in [-0.25, -0.2) is 9.89 Å². The number of hydrogen-bond donors (Lipinski definition) is 3. The molecule has 7 nitrogen and oxygen atoms in total. The van der Waals surface area contributed by atoms with Crippen LogP contribution < -0.4 is 15.8 Å². The second-order valence-corrected chi connectivity index (χ2v) is 1.89. The summed E-state index contributed by atoms with van der Waals surface area (Å²) in [5, 5.41) is 8.27. The molecule has 12 heavy (non-hydrogen) atoms. The smallest absolute Gasteiger partial charge is 0.337 e. The molecule has 0 bridgehead atoms. The number of nitrogens with two attached hydrogens (primary N) is 1. The fourth-order valence-corrected chi connectivity index (χ4v) is 0.613. The third kappa shape index (κ3) is 2.11. The number of anilines is 1. The Morgan fingerprint density at radius 1 is 1.83 bits per heavy atom. The number of hydrogen-bond acceptors (Lipinski definition) is 4. The highest BCUT2D eigenvalue weighted by molar-refractivity contribution is 5.85. The lowest BCUT2D eigenvalue weighted by Gasteiger charge is -1.93. The van der Waals surface area contributed by atoms with Crippen LogP contribution in [-0.2, 0) is 0 Å². The predicted molar refractivity (Wildman–Crippen MR) is 40.8 cm³/mol. The molecule has 7 heteroatoms. The number of nitrogens with zero attached hydrogens (tertiary/aromatic N) is 2. The number of primary amides is 1. The summed E-state index contributed by atoms with van der Waals surface area (Å²) in [6.07, 6.45) is 0. The Morgan fingerprint density at radius 3 is 3.17 bits per heavy atom. The Balaban J connectivity index is 2.58. The first-order chi connectivity index (χ1) is 5.72. The summed E-state index contributed by atoms with van der Waals surface area (Å²) in [5.74, 6) is 0.172. The third-order valence-electron chi connectivity index (χ3n) is 0.980. The molecule has 0 aliphatic heterocycles. The molecule has 0 aliphatic rings. The van der Waals surface area contributed by atoms with Crippen LogP contribution in [0.3, 0.4) is 0 Å². The Kier molecular flexibility index (Phi) is 2.46. The maximum absolute atomic E-state index is 10.3. The number of ether oxygens (including phenoxy) is 1. The molecular formula is C5H9N5O2. The molecule has 0 spiro atoms. The monoisotopic (exact) mass is 171 g/mol. The summed E-state index contributed by atoms with van der Waals surface area (Å²) in [4.78, 5) is 14.1. The normalized spacial score (nSPS) is 9.42. The Bertz CT molecular complexity index is 271. The van der Waals surface area contributed by atoms with E-state index < -0.39 is 6.03 Å². The van der Waals surface area contributed by atoms with Crippen molar-refractivity contribution in [2.24, 2.45) is 5.73 Å². The van der Waals surface area contributed by atoms with E-state index in [2.05, 4.69) is 20.5 Å². The minimum absolute atomic E-state index is 0.172. The van der Waals surface area contributed by atoms with Gasteiger partial charge < -0.3 is 10.5 Å². The molecule has 0 atom stereocenters. The highest BCUT2D eigenvalue weighted by Crippen LogP contribution is 2.04. The molecule has 66 valence electrons. The van der Waals surface area contributed by atoms with E-state index >= 15 is 0 Å². The lowest BCUT2D eigenvalue weighted by molar-refractivity contribution is 0.259. The van der Waals surface area contributed by atoms with Crippen molar-refractivity contribution in [1.29, 1.82) is 0 Å². The van der Waals surface area contributed by atoms with Crippen LogP contribution >= 0.6 is 0 Å². The van der Waals surface area contributed by atoms with Crippen molar-refractivity contribution in [3.8, 4) is 6.01 Å². The molecule has 1 aromatic rings. The Morgan fingerprint density at radius 2 is 2.58 bits per heavy atom. The summed E-state index contributed by atoms with van der Waals surface area (Å²) in [6.45, 7) is 2.27. The number of carbonyl (C=O) groups excluding carboxylic acids is 1. The Hall–Kier alpha value is -1.79. The van der Waals surface area contributed by atoms with Gasteiger partial charge in [0.05, 0.1) is 6.61 Å². The highest BCUT2D eigenvalue weighted by Gasteiger charge is 2.03. The summed E-state index contributed by atoms with van der Waals surface area (Å²) >= 11 is 0. The number of nitrogens with one attached hydrogen (secondary N) is 2. The van der Waals surface area contributed by atoms with Gasteiger partial charge in [-0.15, -0.1) is 5.10 Å². The van der Waals surface area contributed by atoms with Gasteiger partial charge >= 0.3 is 12.0 Å². The zero-order valence-corrected chi connectivity index (χ0v) is 6.50. The fraction of sp³-hybridized carbons (Fsp3) is 0.400. The minimum atomic E-state index is -0.700. The van der Waals surface area contributed by atoms with Gasteiger partial charge in [0, 0.05) is 0 Å². The molecule has 4 N–H and O–H groups in total. The molecule has 0 saturated carbocycles. The van der Waals surface area contributed by atoms with E-state index in [0.29, 0.717) is 6.61 Å². The van der Waals surface area contributed by atoms with E-state index in [1.165, 1.54) is 0 Å². The number of aromatic nitrogens is 3. The molecule has 0 fully saturated rings. The maximum Gasteiger partial charge on any atom is 0.337 e. The van der Waals surface area contributed by atoms with E-state index in [4.69, 9.17) is 10.5 Å². The van der Waals surface area contributed by atoms with Crippen LogP contribution in [0.2, 0.25) is 0 Å². The molecule has 0 unspecified atom stereocenters. The van der Waals surface area contributed by atoms with Crippen molar-refractivity contribution in [3.63, 3.8) is 0 Å². The average molecular weight is 171 g/mol. The molecule has 2 amide bonds. The largest absolute Gasteiger partial charge is 0.463 e. The molecule has 0 saturated heterocycles. The number of aromatic amines is 1. The first-order valence-electron chi connectivity index (χ1n) is 3.34. The van der Waals surface area contributed by atoms with Crippen molar-refractivity contribution in [2.45, 2.75) is 6.92 Å². The van der Waals surface area contributed by atoms with E-state index in [0.717, 1.165) is 0 Å². The van der Waals surface area contributed by atoms with Crippen LogP contribution in [-0.4, -0.2) is 27.8 Å². The van der Waals surface area contributed by atoms with Crippen LogP contribution in [0.4, 0.5) is 10.7 Å². The molecule has 1 rings (SSSR count). The summed E-state index contributed by atoms with van der Waals surface area (Å²) in [6, 6.07) is -0.518. The van der Waals surface area contributed by atoms with Gasteiger partial charge in [0.2, 0.25) is 5.95 Å². The van der Waals surface area contributed by atoms with Crippen molar-refractivity contribution in [2.75, 3.05) is 11.9 Å². The number of rotatable bonds is 3. The maximum atomic E-state index is 10.3. The minimum Gasteiger partial charge on any atom is -0.463 e. The summed E-state index contributed by atoms with van der Waals surface area (Å²) in [5.41, 5.74) is 4.83. The van der Waals surface area contributed by atoms with Crippen molar-refractivity contribution >= 4 is 12.0 Å². The second-order valence-electron chi connectivity index (χ2n) is 1.89. The van der Waals surface area contributed by atoms with Crippen LogP contribution in [0.5, 0.6) is 6.01 Å². The average Bonchev–Trinajstić information content (AvgIpc) is 2.36. The number of H-pyrrole nitrogens is 1. The first kappa shape index (κ1) is 8.31. The van der Waals surface area contributed by atoms with E-state index in [9.17, 15) is 4.79 Å². The predicted octanol–water partition coefficient (Wildman–Crippen LogP) is -0.306. The highest BCUT2D eigenvalue weighted by atomic mass is 16.5. The molecule has 0 radical (unpaired) electrons. The van der Waals surface area contributed by atoms with Gasteiger partial charge in [-0.1, -0.05) is 0 Å². The molecular weight excluding hydrogens is 162 g/mol. The van der Waals surface area contributed by atoms with Gasteiger partial charge in [0.1, 0.15) is 0 Å². The van der Waals surface area contributed by atoms with Crippen LogP contribution in [0.1, 0.15) is 6.92 Å². The number of urea groups is 1.